The molecule has 0 spiro atoms. The molecule has 0 aromatic carbocycles. The molecule has 4 heteroatoms. The monoisotopic (exact) mass is 282 g/mol. The van der Waals surface area contributed by atoms with Gasteiger partial charge in [0.1, 0.15) is 0 Å². The van der Waals surface area contributed by atoms with Crippen molar-refractivity contribution in [3.8, 4) is 0 Å². The Bertz CT molecular complexity index is 8.00. The van der Waals surface area contributed by atoms with Crippen molar-refractivity contribution in [1.29, 1.82) is 0 Å². The van der Waals surface area contributed by atoms with Crippen LogP contribution < -0.4 is 0 Å². The standard InChI is InChI=1S/Fe.Mg.O.W.2H. The molecule has 4 heavy (non-hydrogen) atoms. The summed E-state index contributed by atoms with van der Waals surface area (Å²) in [5.74, 6) is 0. The molecule has 0 aliphatic heterocycles. The molecule has 0 fully saturated rings. The van der Waals surface area contributed by atoms with Crippen molar-refractivity contribution in [2.75, 3.05) is 0 Å². The number of hydrogen-bond acceptors (Lipinski definition) is 1. The van der Waals surface area contributed by atoms with Gasteiger partial charge in [0.15, 0.2) is 0 Å². The first-order valence-corrected chi connectivity index (χ1v) is 1.36. The molecule has 0 saturated heterocycles. The van der Waals surface area contributed by atoms with Gasteiger partial charge in [-0.1, -0.05) is 0 Å². The zero-order valence-corrected chi connectivity index (χ0v) is 5.21. The average Bonchev–Trinajstić information content (AvgIpc) is 1.00. The molecule has 0 saturated carbocycles. The van der Waals surface area contributed by atoms with Gasteiger partial charge in [0.25, 0.3) is 0 Å². The van der Waals surface area contributed by atoms with Gasteiger partial charge in [-0.2, -0.15) is 0 Å². The number of hydrogen-bond donors (Lipinski definition) is 0. The van der Waals surface area contributed by atoms with E-state index >= 15 is 0 Å². The van der Waals surface area contributed by atoms with Gasteiger partial charge < -0.3 is 0 Å². The van der Waals surface area contributed by atoms with E-state index in [4.69, 9.17) is 3.40 Å². The van der Waals surface area contributed by atoms with Crippen LogP contribution in [0.4, 0.5) is 0 Å². The molecule has 0 amide bonds. The summed E-state index contributed by atoms with van der Waals surface area (Å²) in [5, 5.41) is 0. The van der Waals surface area contributed by atoms with Crippen LogP contribution in [-0.2, 0) is 40.2 Å². The first-order chi connectivity index (χ1) is 1.00. The van der Waals surface area contributed by atoms with Gasteiger partial charge in [-0.05, 0) is 0 Å². The van der Waals surface area contributed by atoms with Crippen molar-refractivity contribution < 1.29 is 40.2 Å². The predicted molar refractivity (Wildman–Crippen MR) is 9.23 cm³/mol. The average molecular weight is 282 g/mol. The molecular weight excluding hydrogens is 280 g/mol. The van der Waals surface area contributed by atoms with Crippen LogP contribution in [0.2, 0.25) is 0 Å². The zero-order valence-electron chi connectivity index (χ0n) is 1.17. The fourth-order valence-electron chi connectivity index (χ4n) is 0. The first-order valence-electron chi connectivity index (χ1n) is 0.167. The summed E-state index contributed by atoms with van der Waals surface area (Å²) >= 11 is 0.333. The fourth-order valence-corrected chi connectivity index (χ4v) is 0. The van der Waals surface area contributed by atoms with Crippen LogP contribution in [-0.4, -0.2) is 23.1 Å². The first kappa shape index (κ1) is 17.1. The van der Waals surface area contributed by atoms with E-state index in [1.807, 2.05) is 0 Å². The topological polar surface area (TPSA) is 17.1 Å². The second-order valence-corrected chi connectivity index (χ2v) is 0. The SMILES string of the molecule is [Fe].[MgH2].[O]=[W]. The zero-order chi connectivity index (χ0) is 2.00. The van der Waals surface area contributed by atoms with Crippen molar-refractivity contribution in [3.05, 3.63) is 0 Å². The summed E-state index contributed by atoms with van der Waals surface area (Å²) in [6.07, 6.45) is 0. The summed E-state index contributed by atoms with van der Waals surface area (Å²) in [6, 6.07) is 0. The summed E-state index contributed by atoms with van der Waals surface area (Å²) in [5.41, 5.74) is 0. The molecule has 0 bridgehead atoms. The van der Waals surface area contributed by atoms with Gasteiger partial charge in [-0.15, -0.1) is 0 Å². The van der Waals surface area contributed by atoms with Crippen LogP contribution in [0, 0.1) is 0 Å². The van der Waals surface area contributed by atoms with Gasteiger partial charge in [-0.25, -0.2) is 0 Å². The third-order valence-electron chi connectivity index (χ3n) is 0. The molecule has 0 aliphatic carbocycles. The normalized spacial score (nSPS) is 1.00. The molecule has 0 radical (unpaired) electrons. The Morgan fingerprint density at radius 3 is 1.25 bits per heavy atom. The van der Waals surface area contributed by atoms with E-state index in [2.05, 4.69) is 0 Å². The van der Waals surface area contributed by atoms with Crippen LogP contribution in [0.25, 0.3) is 0 Å². The van der Waals surface area contributed by atoms with Crippen molar-refractivity contribution in [1.82, 2.24) is 0 Å². The van der Waals surface area contributed by atoms with Crippen LogP contribution >= 0.6 is 0 Å². The van der Waals surface area contributed by atoms with E-state index in [9.17, 15) is 0 Å². The van der Waals surface area contributed by atoms with E-state index in [-0.39, 0.29) is 40.1 Å². The summed E-state index contributed by atoms with van der Waals surface area (Å²) in [6.45, 7) is 0. The molecule has 0 unspecified atom stereocenters. The van der Waals surface area contributed by atoms with E-state index in [0.717, 1.165) is 0 Å². The van der Waals surface area contributed by atoms with Crippen molar-refractivity contribution in [2.45, 2.75) is 0 Å². The Morgan fingerprint density at radius 1 is 1.25 bits per heavy atom. The van der Waals surface area contributed by atoms with Gasteiger partial charge in [-0.3, -0.25) is 0 Å². The maximum absolute atomic E-state index is 8.33. The molecule has 0 aromatic rings. The summed E-state index contributed by atoms with van der Waals surface area (Å²) < 4.78 is 8.33. The molecule has 0 rings (SSSR count). The molecule has 24 valence electrons. The third-order valence-corrected chi connectivity index (χ3v) is 0. The minimum atomic E-state index is 0. The third kappa shape index (κ3) is 9.23. The van der Waals surface area contributed by atoms with E-state index in [1.54, 1.807) is 0 Å². The Balaban J connectivity index is -0.00000000500. The molecule has 1 nitrogen and oxygen atoms in total. The van der Waals surface area contributed by atoms with Crippen molar-refractivity contribution in [2.24, 2.45) is 0 Å². The van der Waals surface area contributed by atoms with Gasteiger partial charge in [0, 0.05) is 17.1 Å². The van der Waals surface area contributed by atoms with E-state index in [1.165, 1.54) is 0 Å². The second-order valence-electron chi connectivity index (χ2n) is 0. The molecule has 0 aromatic heterocycles. The predicted octanol–water partition coefficient (Wildman–Crippen LogP) is -1.04. The quantitative estimate of drug-likeness (QED) is 0.519. The van der Waals surface area contributed by atoms with Gasteiger partial charge >= 0.3 is 46.2 Å². The Kier molecular flexibility index (Phi) is 92.4. The molecule has 0 N–H and O–H groups in total. The summed E-state index contributed by atoms with van der Waals surface area (Å²) in [4.78, 5) is 0. The van der Waals surface area contributed by atoms with E-state index in [0.29, 0.717) is 19.8 Å². The van der Waals surface area contributed by atoms with Crippen LogP contribution in [0.1, 0.15) is 0 Å². The van der Waals surface area contributed by atoms with Crippen LogP contribution in [0.5, 0.6) is 0 Å². The molecular formula is H2FeMgOW. The van der Waals surface area contributed by atoms with Crippen LogP contribution in [0.15, 0.2) is 0 Å². The molecule has 0 aliphatic rings. The van der Waals surface area contributed by atoms with Gasteiger partial charge in [0.05, 0.1) is 0 Å². The fraction of sp³-hybridized carbons (Fsp3) is 0. The Morgan fingerprint density at radius 2 is 1.25 bits per heavy atom. The maximum atomic E-state index is 8.33. The Labute approximate surface area is 62.7 Å². The van der Waals surface area contributed by atoms with Crippen molar-refractivity contribution in [3.63, 3.8) is 0 Å². The Hall–Kier alpha value is 1.77. The molecule has 0 atom stereocenters. The van der Waals surface area contributed by atoms with Gasteiger partial charge in [0.2, 0.25) is 0 Å². The van der Waals surface area contributed by atoms with Crippen molar-refractivity contribution >= 4 is 23.1 Å². The molecule has 0 heterocycles. The van der Waals surface area contributed by atoms with Crippen LogP contribution in [0.3, 0.4) is 0 Å². The number of rotatable bonds is 0. The second kappa shape index (κ2) is 21.6. The minimum absolute atomic E-state index is 0. The summed E-state index contributed by atoms with van der Waals surface area (Å²) in [7, 11) is 0. The van der Waals surface area contributed by atoms with E-state index < -0.39 is 0 Å².